The first-order valence-electron chi connectivity index (χ1n) is 5.27. The second-order valence-electron chi connectivity index (χ2n) is 3.47. The fraction of sp³-hybridized carbons (Fsp3) is 0.333. The number of amides is 1. The summed E-state index contributed by atoms with van der Waals surface area (Å²) in [5, 5.41) is 11.1. The minimum Gasteiger partial charge on any atom is -0.497 e. The lowest BCUT2D eigenvalue weighted by molar-refractivity contribution is 0.0954. The second-order valence-corrected chi connectivity index (χ2v) is 3.47. The summed E-state index contributed by atoms with van der Waals surface area (Å²) in [5.41, 5.74) is 6.53. The number of anilines is 1. The Balaban J connectivity index is 2.60. The molecular formula is C12H15N3O2. The molecule has 0 spiro atoms. The van der Waals surface area contributed by atoms with Crippen LogP contribution in [-0.4, -0.2) is 19.6 Å². The van der Waals surface area contributed by atoms with E-state index in [0.717, 1.165) is 0 Å². The Morgan fingerprint density at radius 3 is 2.94 bits per heavy atom. The minimum absolute atomic E-state index is 0.233. The van der Waals surface area contributed by atoms with Crippen molar-refractivity contribution in [3.63, 3.8) is 0 Å². The summed E-state index contributed by atoms with van der Waals surface area (Å²) in [5.74, 6) is 0.381. The van der Waals surface area contributed by atoms with Gasteiger partial charge in [-0.2, -0.15) is 5.26 Å². The highest BCUT2D eigenvalue weighted by atomic mass is 16.5. The first-order valence-corrected chi connectivity index (χ1v) is 5.27. The first-order chi connectivity index (χ1) is 8.19. The van der Waals surface area contributed by atoms with E-state index < -0.39 is 0 Å². The normalized spacial score (nSPS) is 9.41. The van der Waals surface area contributed by atoms with Gasteiger partial charge in [-0.05, 0) is 18.6 Å². The summed E-state index contributed by atoms with van der Waals surface area (Å²) < 4.78 is 5.00. The summed E-state index contributed by atoms with van der Waals surface area (Å²) in [7, 11) is 1.54. The average molecular weight is 233 g/mol. The number of nitriles is 1. The van der Waals surface area contributed by atoms with Crippen molar-refractivity contribution in [1.82, 2.24) is 5.32 Å². The van der Waals surface area contributed by atoms with Crippen LogP contribution < -0.4 is 15.8 Å². The summed E-state index contributed by atoms with van der Waals surface area (Å²) in [6.45, 7) is 0.470. The predicted molar refractivity (Wildman–Crippen MR) is 64.6 cm³/mol. The van der Waals surface area contributed by atoms with Gasteiger partial charge >= 0.3 is 0 Å². The smallest absolute Gasteiger partial charge is 0.253 e. The Hall–Kier alpha value is -2.22. The van der Waals surface area contributed by atoms with Gasteiger partial charge in [-0.15, -0.1) is 0 Å². The topological polar surface area (TPSA) is 88.1 Å². The van der Waals surface area contributed by atoms with Crippen LogP contribution in [-0.2, 0) is 0 Å². The molecule has 3 N–H and O–H groups in total. The van der Waals surface area contributed by atoms with Gasteiger partial charge in [-0.25, -0.2) is 0 Å². The number of nitrogens with zero attached hydrogens (tertiary/aromatic N) is 1. The highest BCUT2D eigenvalue weighted by Crippen LogP contribution is 2.19. The van der Waals surface area contributed by atoms with E-state index >= 15 is 0 Å². The van der Waals surface area contributed by atoms with Crippen LogP contribution in [0.15, 0.2) is 18.2 Å². The van der Waals surface area contributed by atoms with Gasteiger partial charge < -0.3 is 15.8 Å². The van der Waals surface area contributed by atoms with Gasteiger partial charge in [0, 0.05) is 24.7 Å². The van der Waals surface area contributed by atoms with E-state index in [0.29, 0.717) is 36.4 Å². The maximum atomic E-state index is 11.7. The molecule has 0 heterocycles. The highest BCUT2D eigenvalue weighted by Gasteiger charge is 2.09. The number of benzene rings is 1. The fourth-order valence-electron chi connectivity index (χ4n) is 1.34. The van der Waals surface area contributed by atoms with Crippen LogP contribution in [0.5, 0.6) is 5.75 Å². The maximum Gasteiger partial charge on any atom is 0.253 e. The third-order valence-corrected chi connectivity index (χ3v) is 2.25. The van der Waals surface area contributed by atoms with Gasteiger partial charge in [0.2, 0.25) is 0 Å². The van der Waals surface area contributed by atoms with Crippen molar-refractivity contribution >= 4 is 11.6 Å². The average Bonchev–Trinajstić information content (AvgIpc) is 2.34. The molecule has 0 aliphatic carbocycles. The molecule has 0 saturated carbocycles. The Labute approximate surface area is 100 Å². The van der Waals surface area contributed by atoms with Crippen LogP contribution >= 0.6 is 0 Å². The summed E-state index contributed by atoms with van der Waals surface area (Å²) in [6, 6.07) is 6.92. The van der Waals surface area contributed by atoms with E-state index in [4.69, 9.17) is 15.7 Å². The number of carbonyl (C=O) groups excluding carboxylic acids is 1. The lowest BCUT2D eigenvalue weighted by Crippen LogP contribution is -2.25. The van der Waals surface area contributed by atoms with E-state index in [1.165, 1.54) is 7.11 Å². The van der Waals surface area contributed by atoms with Gasteiger partial charge in [-0.3, -0.25) is 4.79 Å². The number of nitrogens with two attached hydrogens (primary N) is 1. The predicted octanol–water partition coefficient (Wildman–Crippen LogP) is 1.31. The molecule has 0 aliphatic heterocycles. The largest absolute Gasteiger partial charge is 0.497 e. The number of nitrogens with one attached hydrogen (secondary N) is 1. The molecule has 17 heavy (non-hydrogen) atoms. The van der Waals surface area contributed by atoms with Crippen molar-refractivity contribution in [3.8, 4) is 11.8 Å². The number of nitrogen functional groups attached to an aromatic ring is 1. The molecule has 0 saturated heterocycles. The molecule has 0 bridgehead atoms. The number of hydrogen-bond acceptors (Lipinski definition) is 4. The van der Waals surface area contributed by atoms with Crippen molar-refractivity contribution in [2.45, 2.75) is 12.8 Å². The first kappa shape index (κ1) is 12.8. The Morgan fingerprint density at radius 1 is 1.59 bits per heavy atom. The van der Waals surface area contributed by atoms with Crippen molar-refractivity contribution in [2.75, 3.05) is 19.4 Å². The molecule has 1 aromatic rings. The number of ether oxygens (including phenoxy) is 1. The van der Waals surface area contributed by atoms with Gasteiger partial charge in [0.1, 0.15) is 5.75 Å². The zero-order valence-corrected chi connectivity index (χ0v) is 9.69. The monoisotopic (exact) mass is 233 g/mol. The molecule has 0 fully saturated rings. The molecule has 5 nitrogen and oxygen atoms in total. The van der Waals surface area contributed by atoms with Gasteiger partial charge in [0.05, 0.1) is 18.7 Å². The number of carbonyl (C=O) groups is 1. The molecule has 0 aliphatic rings. The highest BCUT2D eigenvalue weighted by molar-refractivity contribution is 5.99. The zero-order valence-electron chi connectivity index (χ0n) is 9.69. The number of rotatable bonds is 5. The quantitative estimate of drug-likeness (QED) is 0.593. The lowest BCUT2D eigenvalue weighted by Gasteiger charge is -2.08. The number of hydrogen-bond donors (Lipinski definition) is 2. The van der Waals surface area contributed by atoms with E-state index in [1.807, 2.05) is 6.07 Å². The molecule has 0 aromatic heterocycles. The summed E-state index contributed by atoms with van der Waals surface area (Å²) in [4.78, 5) is 11.7. The van der Waals surface area contributed by atoms with E-state index in [1.54, 1.807) is 18.2 Å². The molecule has 0 radical (unpaired) electrons. The molecule has 90 valence electrons. The molecule has 0 unspecified atom stereocenters. The fourth-order valence-corrected chi connectivity index (χ4v) is 1.34. The third kappa shape index (κ3) is 3.68. The van der Waals surface area contributed by atoms with Gasteiger partial charge in [-0.1, -0.05) is 0 Å². The molecular weight excluding hydrogens is 218 g/mol. The molecule has 5 heteroatoms. The van der Waals surface area contributed by atoms with Crippen LogP contribution in [0.2, 0.25) is 0 Å². The van der Waals surface area contributed by atoms with E-state index in [-0.39, 0.29) is 5.91 Å². The van der Waals surface area contributed by atoms with Crippen molar-refractivity contribution in [1.29, 1.82) is 5.26 Å². The van der Waals surface area contributed by atoms with Crippen molar-refractivity contribution < 1.29 is 9.53 Å². The van der Waals surface area contributed by atoms with Gasteiger partial charge in [0.15, 0.2) is 0 Å². The van der Waals surface area contributed by atoms with Crippen LogP contribution in [0.4, 0.5) is 5.69 Å². The van der Waals surface area contributed by atoms with Crippen molar-refractivity contribution in [2.24, 2.45) is 0 Å². The lowest BCUT2D eigenvalue weighted by atomic mass is 10.1. The molecule has 0 atom stereocenters. The standard InChI is InChI=1S/C12H15N3O2/c1-17-9-4-5-10(11(14)8-9)12(16)15-7-3-2-6-13/h4-5,8H,2-3,7,14H2,1H3,(H,15,16). The van der Waals surface area contributed by atoms with Crippen LogP contribution in [0.25, 0.3) is 0 Å². The van der Waals surface area contributed by atoms with Gasteiger partial charge in [0.25, 0.3) is 5.91 Å². The Bertz CT molecular complexity index is 438. The number of unbranched alkanes of at least 4 members (excludes halogenated alkanes) is 1. The second kappa shape index (κ2) is 6.38. The van der Waals surface area contributed by atoms with E-state index in [2.05, 4.69) is 5.32 Å². The molecule has 1 aromatic carbocycles. The van der Waals surface area contributed by atoms with Crippen LogP contribution in [0.1, 0.15) is 23.2 Å². The van der Waals surface area contributed by atoms with E-state index in [9.17, 15) is 4.79 Å². The van der Waals surface area contributed by atoms with Crippen LogP contribution in [0, 0.1) is 11.3 Å². The SMILES string of the molecule is COc1ccc(C(=O)NCCCC#N)c(N)c1. The summed E-state index contributed by atoms with van der Waals surface area (Å²) >= 11 is 0. The molecule has 1 rings (SSSR count). The Kier molecular flexibility index (Phi) is 4.82. The third-order valence-electron chi connectivity index (χ3n) is 2.25. The summed E-state index contributed by atoms with van der Waals surface area (Å²) in [6.07, 6.45) is 1.07. The maximum absolute atomic E-state index is 11.7. The number of methoxy groups -OCH3 is 1. The molecule has 1 amide bonds. The Morgan fingerprint density at radius 2 is 2.35 bits per heavy atom. The zero-order chi connectivity index (χ0) is 12.7. The van der Waals surface area contributed by atoms with Crippen molar-refractivity contribution in [3.05, 3.63) is 23.8 Å². The van der Waals surface area contributed by atoms with Crippen LogP contribution in [0.3, 0.4) is 0 Å². The minimum atomic E-state index is -0.233.